The van der Waals surface area contributed by atoms with Crippen LogP contribution in [0.15, 0.2) is 65.7 Å². The Bertz CT molecular complexity index is 1490. The predicted octanol–water partition coefficient (Wildman–Crippen LogP) is 4.16. The molecule has 0 amide bonds. The second-order valence-corrected chi connectivity index (χ2v) is 10.6. The van der Waals surface area contributed by atoms with E-state index in [1.165, 1.54) is 0 Å². The third-order valence-corrected chi connectivity index (χ3v) is 8.50. The summed E-state index contributed by atoms with van der Waals surface area (Å²) in [5.41, 5.74) is 3.88. The number of aryl methyl sites for hydroxylation is 1. The van der Waals surface area contributed by atoms with Crippen LogP contribution in [0.4, 0.5) is 0 Å². The molecule has 4 heterocycles. The van der Waals surface area contributed by atoms with Crippen LogP contribution < -0.4 is 9.47 Å². The highest BCUT2D eigenvalue weighted by atomic mass is 32.2. The molecule has 0 spiro atoms. The standard InChI is InChI=1S/C25H24N4O4S/c1-17-5-2-3-6-20(17)24-27-21-7-4-12-26-25(21)29(24)18-10-13-28(14-11-18)34(30,31)19-8-9-22-23(15-19)33-16-32-22/h2-9,12,15,18H,10-11,13-14,16H2,1H3. The van der Waals surface area contributed by atoms with Crippen LogP contribution in [0.5, 0.6) is 11.5 Å². The number of benzene rings is 2. The summed E-state index contributed by atoms with van der Waals surface area (Å²) >= 11 is 0. The van der Waals surface area contributed by atoms with Gasteiger partial charge in [0.15, 0.2) is 17.1 Å². The van der Waals surface area contributed by atoms with Crippen LogP contribution in [0.3, 0.4) is 0 Å². The first-order chi connectivity index (χ1) is 16.5. The summed E-state index contributed by atoms with van der Waals surface area (Å²) in [7, 11) is -3.63. The van der Waals surface area contributed by atoms with Gasteiger partial charge in [0.05, 0.1) is 4.90 Å². The Morgan fingerprint density at radius 3 is 2.59 bits per heavy atom. The van der Waals surface area contributed by atoms with E-state index in [0.717, 1.165) is 28.1 Å². The number of aromatic nitrogens is 3. The number of fused-ring (bicyclic) bond motifs is 2. The van der Waals surface area contributed by atoms with Crippen molar-refractivity contribution in [1.29, 1.82) is 0 Å². The number of nitrogens with zero attached hydrogens (tertiary/aromatic N) is 4. The molecule has 9 heteroatoms. The molecular formula is C25H24N4O4S. The van der Waals surface area contributed by atoms with Gasteiger partial charge in [-0.05, 0) is 49.6 Å². The van der Waals surface area contributed by atoms with E-state index in [1.54, 1.807) is 28.7 Å². The summed E-state index contributed by atoms with van der Waals surface area (Å²) in [6, 6.07) is 16.9. The highest BCUT2D eigenvalue weighted by Crippen LogP contribution is 2.37. The first-order valence-electron chi connectivity index (χ1n) is 11.3. The van der Waals surface area contributed by atoms with E-state index < -0.39 is 10.0 Å². The number of sulfonamides is 1. The molecule has 174 valence electrons. The summed E-state index contributed by atoms with van der Waals surface area (Å²) in [5, 5.41) is 0. The molecule has 1 saturated heterocycles. The zero-order valence-corrected chi connectivity index (χ0v) is 19.5. The summed E-state index contributed by atoms with van der Waals surface area (Å²) < 4.78 is 41.1. The number of ether oxygens (including phenoxy) is 2. The van der Waals surface area contributed by atoms with Gasteiger partial charge in [0.2, 0.25) is 16.8 Å². The zero-order chi connectivity index (χ0) is 23.3. The van der Waals surface area contributed by atoms with Gasteiger partial charge in [-0.3, -0.25) is 0 Å². The second kappa shape index (κ2) is 8.11. The zero-order valence-electron chi connectivity index (χ0n) is 18.7. The molecule has 2 aliphatic heterocycles. The van der Waals surface area contributed by atoms with Gasteiger partial charge >= 0.3 is 0 Å². The molecule has 2 aromatic heterocycles. The molecule has 0 atom stereocenters. The molecule has 2 aliphatic rings. The number of hydrogen-bond acceptors (Lipinski definition) is 6. The number of piperidine rings is 1. The Morgan fingerprint density at radius 1 is 0.971 bits per heavy atom. The molecule has 8 nitrogen and oxygen atoms in total. The summed E-state index contributed by atoms with van der Waals surface area (Å²) in [6.07, 6.45) is 3.12. The van der Waals surface area contributed by atoms with E-state index in [4.69, 9.17) is 14.5 Å². The lowest BCUT2D eigenvalue weighted by Gasteiger charge is -2.32. The molecule has 0 bridgehead atoms. The van der Waals surface area contributed by atoms with Crippen LogP contribution in [0.25, 0.3) is 22.6 Å². The SMILES string of the molecule is Cc1ccccc1-c1nc2cccnc2n1C1CCN(S(=O)(=O)c2ccc3c(c2)OCO3)CC1. The minimum absolute atomic E-state index is 0.0951. The predicted molar refractivity (Wildman–Crippen MR) is 127 cm³/mol. The van der Waals surface area contributed by atoms with Crippen molar-refractivity contribution in [3.8, 4) is 22.9 Å². The maximum absolute atomic E-state index is 13.3. The molecule has 0 aliphatic carbocycles. The van der Waals surface area contributed by atoms with Crippen LogP contribution in [-0.4, -0.2) is 47.1 Å². The maximum Gasteiger partial charge on any atom is 0.243 e. The fourth-order valence-electron chi connectivity index (χ4n) is 4.82. The molecule has 1 fully saturated rings. The second-order valence-electron chi connectivity index (χ2n) is 8.62. The van der Waals surface area contributed by atoms with Gasteiger partial charge in [0, 0.05) is 37.0 Å². The van der Waals surface area contributed by atoms with Crippen molar-refractivity contribution >= 4 is 21.2 Å². The molecule has 0 radical (unpaired) electrons. The van der Waals surface area contributed by atoms with Crippen molar-refractivity contribution in [1.82, 2.24) is 18.8 Å². The smallest absolute Gasteiger partial charge is 0.243 e. The van der Waals surface area contributed by atoms with E-state index >= 15 is 0 Å². The van der Waals surface area contributed by atoms with Gasteiger partial charge in [-0.1, -0.05) is 24.3 Å². The van der Waals surface area contributed by atoms with E-state index in [1.807, 2.05) is 24.3 Å². The Morgan fingerprint density at radius 2 is 1.76 bits per heavy atom. The molecule has 0 saturated carbocycles. The van der Waals surface area contributed by atoms with Crippen LogP contribution >= 0.6 is 0 Å². The summed E-state index contributed by atoms with van der Waals surface area (Å²) in [5.74, 6) is 1.92. The van der Waals surface area contributed by atoms with E-state index in [9.17, 15) is 8.42 Å². The fraction of sp³-hybridized carbons (Fsp3) is 0.280. The minimum Gasteiger partial charge on any atom is -0.454 e. The average molecular weight is 477 g/mol. The normalized spacial score (nSPS) is 16.9. The highest BCUT2D eigenvalue weighted by Gasteiger charge is 2.33. The first-order valence-corrected chi connectivity index (χ1v) is 12.7. The van der Waals surface area contributed by atoms with Gasteiger partial charge in [-0.2, -0.15) is 4.31 Å². The number of pyridine rings is 1. The van der Waals surface area contributed by atoms with Gasteiger partial charge in [0.1, 0.15) is 11.3 Å². The molecule has 6 rings (SSSR count). The number of imidazole rings is 1. The highest BCUT2D eigenvalue weighted by molar-refractivity contribution is 7.89. The Kier molecular flexibility index (Phi) is 5.04. The van der Waals surface area contributed by atoms with Crippen molar-refractivity contribution in [2.45, 2.75) is 30.7 Å². The topological polar surface area (TPSA) is 86.6 Å². The van der Waals surface area contributed by atoms with E-state index in [0.29, 0.717) is 37.4 Å². The lowest BCUT2D eigenvalue weighted by molar-refractivity contribution is 0.174. The number of rotatable bonds is 4. The Labute approximate surface area is 197 Å². The summed E-state index contributed by atoms with van der Waals surface area (Å²) in [4.78, 5) is 9.76. The van der Waals surface area contributed by atoms with Gasteiger partial charge in [0.25, 0.3) is 0 Å². The van der Waals surface area contributed by atoms with Gasteiger partial charge < -0.3 is 14.0 Å². The summed E-state index contributed by atoms with van der Waals surface area (Å²) in [6.45, 7) is 3.02. The first kappa shape index (κ1) is 21.1. The molecule has 4 aromatic rings. The van der Waals surface area contributed by atoms with Crippen molar-refractivity contribution in [2.75, 3.05) is 19.9 Å². The Balaban J connectivity index is 1.31. The van der Waals surface area contributed by atoms with Crippen LogP contribution in [0, 0.1) is 6.92 Å². The van der Waals surface area contributed by atoms with Crippen molar-refractivity contribution in [3.63, 3.8) is 0 Å². The maximum atomic E-state index is 13.3. The average Bonchev–Trinajstić information content (AvgIpc) is 3.48. The van der Waals surface area contributed by atoms with Crippen LogP contribution in [0.2, 0.25) is 0 Å². The van der Waals surface area contributed by atoms with E-state index in [-0.39, 0.29) is 17.7 Å². The fourth-order valence-corrected chi connectivity index (χ4v) is 6.30. The monoisotopic (exact) mass is 476 g/mol. The lowest BCUT2D eigenvalue weighted by atomic mass is 10.0. The minimum atomic E-state index is -3.63. The molecule has 2 aromatic carbocycles. The molecule has 0 N–H and O–H groups in total. The van der Waals surface area contributed by atoms with Crippen LogP contribution in [0.1, 0.15) is 24.4 Å². The number of hydrogen-bond donors (Lipinski definition) is 0. The quantitative estimate of drug-likeness (QED) is 0.440. The third-order valence-electron chi connectivity index (χ3n) is 6.61. The van der Waals surface area contributed by atoms with E-state index in [2.05, 4.69) is 28.6 Å². The van der Waals surface area contributed by atoms with Crippen molar-refractivity contribution in [3.05, 3.63) is 66.4 Å². The third kappa shape index (κ3) is 3.43. The van der Waals surface area contributed by atoms with Crippen LogP contribution in [-0.2, 0) is 10.0 Å². The molecule has 0 unspecified atom stereocenters. The Hall–Kier alpha value is -3.43. The molecular weight excluding hydrogens is 452 g/mol. The van der Waals surface area contributed by atoms with Gasteiger partial charge in [-0.15, -0.1) is 0 Å². The molecule has 34 heavy (non-hydrogen) atoms. The van der Waals surface area contributed by atoms with Gasteiger partial charge in [-0.25, -0.2) is 18.4 Å². The van der Waals surface area contributed by atoms with Crippen molar-refractivity contribution in [2.24, 2.45) is 0 Å². The lowest BCUT2D eigenvalue weighted by Crippen LogP contribution is -2.39. The van der Waals surface area contributed by atoms with Crippen molar-refractivity contribution < 1.29 is 17.9 Å². The largest absolute Gasteiger partial charge is 0.454 e.